The second kappa shape index (κ2) is 4.38. The number of pyridine rings is 1. The number of hydrogen-bond acceptors (Lipinski definition) is 4. The predicted octanol–water partition coefficient (Wildman–Crippen LogP) is 2.31. The van der Waals surface area contributed by atoms with Crippen molar-refractivity contribution in [1.82, 2.24) is 4.98 Å². The molecule has 1 N–H and O–H groups in total. The fraction of sp³-hybridized carbons (Fsp3) is 0.333. The van der Waals surface area contributed by atoms with Crippen molar-refractivity contribution in [2.24, 2.45) is 5.16 Å². The van der Waals surface area contributed by atoms with Crippen molar-refractivity contribution in [1.29, 1.82) is 0 Å². The topological polar surface area (TPSA) is 54.7 Å². The van der Waals surface area contributed by atoms with Gasteiger partial charge in [-0.25, -0.2) is 4.98 Å². The Bertz CT molecular complexity index is 416. The van der Waals surface area contributed by atoms with Gasteiger partial charge in [-0.2, -0.15) is 13.2 Å². The number of aromatic nitrogens is 1. The van der Waals surface area contributed by atoms with Crippen LogP contribution >= 0.6 is 0 Å². The van der Waals surface area contributed by atoms with E-state index in [2.05, 4.69) is 10.1 Å². The number of hydrogen-bond donors (Lipinski definition) is 1. The fourth-order valence-electron chi connectivity index (χ4n) is 1.08. The summed E-state index contributed by atoms with van der Waals surface area (Å²) in [5.41, 5.74) is -1.26. The number of halogens is 3. The van der Waals surface area contributed by atoms with Gasteiger partial charge in [0, 0.05) is 0 Å². The predicted molar refractivity (Wildman–Crippen MR) is 49.8 cm³/mol. The second-order valence-electron chi connectivity index (χ2n) is 2.93. The van der Waals surface area contributed by atoms with E-state index in [1.54, 1.807) is 0 Å². The summed E-state index contributed by atoms with van der Waals surface area (Å²) in [7, 11) is 1.29. The third-order valence-corrected chi connectivity index (χ3v) is 1.86. The van der Waals surface area contributed by atoms with Crippen LogP contribution in [0.3, 0.4) is 0 Å². The van der Waals surface area contributed by atoms with E-state index in [4.69, 9.17) is 9.94 Å². The molecule has 16 heavy (non-hydrogen) atoms. The van der Waals surface area contributed by atoms with Crippen molar-refractivity contribution in [3.8, 4) is 5.75 Å². The number of rotatable bonds is 2. The lowest BCUT2D eigenvalue weighted by atomic mass is 10.2. The number of nitrogens with zero attached hydrogens (tertiary/aromatic N) is 2. The van der Waals surface area contributed by atoms with Gasteiger partial charge in [0.1, 0.15) is 22.8 Å². The molecule has 4 nitrogen and oxygen atoms in total. The molecule has 88 valence electrons. The maximum Gasteiger partial charge on any atom is 0.433 e. The van der Waals surface area contributed by atoms with Crippen LogP contribution in [-0.4, -0.2) is 23.0 Å². The first-order valence-electron chi connectivity index (χ1n) is 4.21. The molecule has 7 heteroatoms. The normalized spacial score (nSPS) is 12.7. The van der Waals surface area contributed by atoms with E-state index < -0.39 is 11.9 Å². The van der Waals surface area contributed by atoms with Crippen molar-refractivity contribution in [3.05, 3.63) is 23.5 Å². The highest BCUT2D eigenvalue weighted by Crippen LogP contribution is 2.30. The van der Waals surface area contributed by atoms with Crippen molar-refractivity contribution >= 4 is 5.71 Å². The molecule has 0 radical (unpaired) electrons. The molecule has 0 saturated heterocycles. The first kappa shape index (κ1) is 12.3. The summed E-state index contributed by atoms with van der Waals surface area (Å²) in [5, 5.41) is 11.3. The van der Waals surface area contributed by atoms with E-state index in [1.165, 1.54) is 14.0 Å². The maximum atomic E-state index is 12.4. The first-order chi connectivity index (χ1) is 7.40. The molecule has 0 aromatic carbocycles. The molecular formula is C9H9F3N2O2. The van der Waals surface area contributed by atoms with Crippen LogP contribution in [-0.2, 0) is 6.18 Å². The molecule has 0 bridgehead atoms. The largest absolute Gasteiger partial charge is 0.494 e. The zero-order chi connectivity index (χ0) is 12.3. The summed E-state index contributed by atoms with van der Waals surface area (Å²) < 4.78 is 41.9. The van der Waals surface area contributed by atoms with Gasteiger partial charge in [0.25, 0.3) is 0 Å². The minimum Gasteiger partial charge on any atom is -0.494 e. The fourth-order valence-corrected chi connectivity index (χ4v) is 1.08. The van der Waals surface area contributed by atoms with Gasteiger partial charge in [-0.15, -0.1) is 0 Å². The Morgan fingerprint density at radius 1 is 1.44 bits per heavy atom. The third kappa shape index (κ3) is 2.41. The lowest BCUT2D eigenvalue weighted by Gasteiger charge is -2.10. The van der Waals surface area contributed by atoms with Gasteiger partial charge in [0.15, 0.2) is 0 Å². The molecule has 0 unspecified atom stereocenters. The Morgan fingerprint density at radius 3 is 2.50 bits per heavy atom. The molecule has 0 spiro atoms. The van der Waals surface area contributed by atoms with E-state index in [0.29, 0.717) is 0 Å². The summed E-state index contributed by atoms with van der Waals surface area (Å²) in [4.78, 5) is 3.34. The van der Waals surface area contributed by atoms with E-state index in [9.17, 15) is 13.2 Å². The highest BCUT2D eigenvalue weighted by atomic mass is 19.4. The number of alkyl halides is 3. The number of ether oxygens (including phenoxy) is 1. The summed E-state index contributed by atoms with van der Waals surface area (Å²) in [6.45, 7) is 1.32. The van der Waals surface area contributed by atoms with Crippen LogP contribution in [0.4, 0.5) is 13.2 Å². The van der Waals surface area contributed by atoms with Crippen LogP contribution in [0.15, 0.2) is 17.3 Å². The van der Waals surface area contributed by atoms with Crippen LogP contribution in [0.1, 0.15) is 18.3 Å². The van der Waals surface area contributed by atoms with Crippen LogP contribution in [0.5, 0.6) is 5.75 Å². The number of methoxy groups -OCH3 is 1. The molecule has 0 atom stereocenters. The Hall–Kier alpha value is -1.79. The smallest absolute Gasteiger partial charge is 0.433 e. The standard InChI is InChI=1S/C9H9F3N2O2/c1-5(14-15)8-6(16-2)3-4-7(13-8)9(10,11)12/h3-4,15H,1-2H3. The van der Waals surface area contributed by atoms with Gasteiger partial charge in [-0.1, -0.05) is 5.16 Å². The van der Waals surface area contributed by atoms with Gasteiger partial charge >= 0.3 is 6.18 Å². The van der Waals surface area contributed by atoms with Gasteiger partial charge in [0.2, 0.25) is 0 Å². The summed E-state index contributed by atoms with van der Waals surface area (Å²) >= 11 is 0. The molecule has 0 aliphatic carbocycles. The van der Waals surface area contributed by atoms with Crippen molar-refractivity contribution in [2.45, 2.75) is 13.1 Å². The molecule has 0 amide bonds. The molecule has 0 saturated carbocycles. The Balaban J connectivity index is 3.33. The first-order valence-corrected chi connectivity index (χ1v) is 4.21. The van der Waals surface area contributed by atoms with Gasteiger partial charge in [-0.05, 0) is 19.1 Å². The van der Waals surface area contributed by atoms with Gasteiger partial charge in [-0.3, -0.25) is 0 Å². The van der Waals surface area contributed by atoms with E-state index in [1.807, 2.05) is 0 Å². The second-order valence-corrected chi connectivity index (χ2v) is 2.93. The lowest BCUT2D eigenvalue weighted by Crippen LogP contribution is -2.12. The maximum absolute atomic E-state index is 12.4. The quantitative estimate of drug-likeness (QED) is 0.485. The molecule has 1 heterocycles. The summed E-state index contributed by atoms with van der Waals surface area (Å²) in [6, 6.07) is 1.92. The van der Waals surface area contributed by atoms with E-state index in [0.717, 1.165) is 12.1 Å². The Morgan fingerprint density at radius 2 is 2.06 bits per heavy atom. The summed E-state index contributed by atoms with van der Waals surface area (Å²) in [5.74, 6) is 0.114. The highest BCUT2D eigenvalue weighted by molar-refractivity contribution is 5.98. The van der Waals surface area contributed by atoms with E-state index >= 15 is 0 Å². The molecule has 0 aliphatic heterocycles. The minimum atomic E-state index is -4.54. The minimum absolute atomic E-state index is 0.0528. The average molecular weight is 234 g/mol. The molecular weight excluding hydrogens is 225 g/mol. The number of oxime groups is 1. The molecule has 1 aromatic rings. The zero-order valence-electron chi connectivity index (χ0n) is 8.54. The van der Waals surface area contributed by atoms with Gasteiger partial charge in [0.05, 0.1) is 7.11 Å². The Kier molecular flexibility index (Phi) is 3.36. The Labute approximate surface area is 89.4 Å². The average Bonchev–Trinajstić information content (AvgIpc) is 2.25. The molecule has 1 aromatic heterocycles. The highest BCUT2D eigenvalue weighted by Gasteiger charge is 2.33. The third-order valence-electron chi connectivity index (χ3n) is 1.86. The van der Waals surface area contributed by atoms with Crippen molar-refractivity contribution < 1.29 is 23.1 Å². The molecule has 0 fully saturated rings. The van der Waals surface area contributed by atoms with Crippen LogP contribution in [0.25, 0.3) is 0 Å². The molecule has 1 rings (SSSR count). The molecule has 0 aliphatic rings. The van der Waals surface area contributed by atoms with Crippen LogP contribution in [0, 0.1) is 0 Å². The van der Waals surface area contributed by atoms with Crippen LogP contribution < -0.4 is 4.74 Å². The van der Waals surface area contributed by atoms with Crippen molar-refractivity contribution in [3.63, 3.8) is 0 Å². The van der Waals surface area contributed by atoms with E-state index in [-0.39, 0.29) is 17.2 Å². The van der Waals surface area contributed by atoms with Gasteiger partial charge < -0.3 is 9.94 Å². The summed E-state index contributed by atoms with van der Waals surface area (Å²) in [6.07, 6.45) is -4.54. The monoisotopic (exact) mass is 234 g/mol. The SMILES string of the molecule is COc1ccc(C(F)(F)F)nc1C(C)=NO. The van der Waals surface area contributed by atoms with Crippen molar-refractivity contribution in [2.75, 3.05) is 7.11 Å². The zero-order valence-corrected chi connectivity index (χ0v) is 8.54. The lowest BCUT2D eigenvalue weighted by molar-refractivity contribution is -0.141. The van der Waals surface area contributed by atoms with Crippen LogP contribution in [0.2, 0.25) is 0 Å².